The smallest absolute Gasteiger partial charge is 0.271 e. The maximum absolute atomic E-state index is 3.47. The van der Waals surface area contributed by atoms with Gasteiger partial charge in [-0.15, -0.1) is 0 Å². The molecule has 0 aromatic carbocycles. The maximum atomic E-state index is 3.47. The minimum atomic E-state index is 0.689. The second-order valence-corrected chi connectivity index (χ2v) is 4.40. The highest BCUT2D eigenvalue weighted by atomic mass is 15.2. The topological polar surface area (TPSA) is 18.5 Å². The van der Waals surface area contributed by atoms with Gasteiger partial charge in [0, 0.05) is 0 Å². The van der Waals surface area contributed by atoms with Gasteiger partial charge < -0.3 is 14.6 Å². The Bertz CT molecular complexity index is 154. The Morgan fingerprint density at radius 1 is 1.00 bits per heavy atom. The lowest BCUT2D eigenvalue weighted by Gasteiger charge is -2.40. The summed E-state index contributed by atoms with van der Waals surface area (Å²) in [5.41, 5.74) is 0. The summed E-state index contributed by atoms with van der Waals surface area (Å²) in [6.45, 7) is 9.13. The molecule has 78 valence electrons. The second-order valence-electron chi connectivity index (χ2n) is 4.40. The molecule has 0 aliphatic carbocycles. The number of hydrogen-bond acceptors (Lipinski definition) is 3. The van der Waals surface area contributed by atoms with Crippen LogP contribution in [0, 0.1) is 0 Å². The summed E-state index contributed by atoms with van der Waals surface area (Å²) in [6.07, 6.45) is 2.46. The summed E-state index contributed by atoms with van der Waals surface area (Å²) < 4.78 is 5.02. The molecule has 0 spiro atoms. The Kier molecular flexibility index (Phi) is 5.06. The molecular formula is C8H22B3N3. The van der Waals surface area contributed by atoms with Gasteiger partial charge in [0.2, 0.25) is 0 Å². The molecule has 1 N–H and O–H groups in total. The molecule has 1 aliphatic heterocycles. The number of hydrogen-bond donors (Lipinski definition) is 1. The van der Waals surface area contributed by atoms with Crippen molar-refractivity contribution in [3.63, 3.8) is 0 Å². The number of nitrogens with one attached hydrogen (secondary N) is 1. The number of nitrogens with zero attached hydrogens (tertiary/aromatic N) is 2. The Morgan fingerprint density at radius 2 is 1.43 bits per heavy atom. The van der Waals surface area contributed by atoms with Crippen LogP contribution in [0.3, 0.4) is 0 Å². The van der Waals surface area contributed by atoms with E-state index in [1.165, 1.54) is 12.8 Å². The fraction of sp³-hybridized carbons (Fsp3) is 1.00. The zero-order valence-corrected chi connectivity index (χ0v) is 10.1. The van der Waals surface area contributed by atoms with E-state index in [-0.39, 0.29) is 0 Å². The summed E-state index contributed by atoms with van der Waals surface area (Å²) in [7, 11) is 3.21. The quantitative estimate of drug-likeness (QED) is 0.612. The molecule has 3 nitrogen and oxygen atoms in total. The zero-order chi connectivity index (χ0) is 10.6. The van der Waals surface area contributed by atoms with Crippen LogP contribution in [0.25, 0.3) is 0 Å². The van der Waals surface area contributed by atoms with Crippen LogP contribution in [0.2, 0.25) is 0 Å². The monoisotopic (exact) mass is 193 g/mol. The average Bonchev–Trinajstić information content (AvgIpc) is 2.27. The van der Waals surface area contributed by atoms with Crippen LogP contribution < -0.4 is 5.14 Å². The first-order valence-electron chi connectivity index (χ1n) is 5.87. The summed E-state index contributed by atoms with van der Waals surface area (Å²) in [5, 5.41) is 3.47. The zero-order valence-electron chi connectivity index (χ0n) is 10.1. The highest BCUT2D eigenvalue weighted by molar-refractivity contribution is 6.65. The maximum Gasteiger partial charge on any atom is 0.271 e. The van der Waals surface area contributed by atoms with Gasteiger partial charge in [0.05, 0.1) is 0 Å². The molecule has 1 aliphatic rings. The average molecular weight is 193 g/mol. The highest BCUT2D eigenvalue weighted by Gasteiger charge is 2.26. The molecule has 2 unspecified atom stereocenters. The van der Waals surface area contributed by atoms with E-state index in [0.29, 0.717) is 12.1 Å². The van der Waals surface area contributed by atoms with Crippen LogP contribution in [-0.4, -0.2) is 44.2 Å². The van der Waals surface area contributed by atoms with E-state index < -0.39 is 0 Å². The second kappa shape index (κ2) is 5.84. The molecule has 2 atom stereocenters. The third-order valence-electron chi connectivity index (χ3n) is 3.42. The summed E-state index contributed by atoms with van der Waals surface area (Å²) in [6, 6.07) is 1.38. The van der Waals surface area contributed by atoms with Gasteiger partial charge in [-0.1, -0.05) is 27.7 Å². The van der Waals surface area contributed by atoms with E-state index >= 15 is 0 Å². The first kappa shape index (κ1) is 12.1. The van der Waals surface area contributed by atoms with Gasteiger partial charge in [-0.05, 0) is 24.9 Å². The lowest BCUT2D eigenvalue weighted by Crippen LogP contribution is -2.63. The van der Waals surface area contributed by atoms with Crippen molar-refractivity contribution in [2.45, 2.75) is 52.6 Å². The molecule has 1 fully saturated rings. The van der Waals surface area contributed by atoms with Gasteiger partial charge in [0.15, 0.2) is 0 Å². The first-order valence-corrected chi connectivity index (χ1v) is 5.87. The largest absolute Gasteiger partial charge is 0.377 e. The SMILES string of the molecule is CCC(C)N1BNBN(C(C)CC)B1. The van der Waals surface area contributed by atoms with Crippen molar-refractivity contribution < 1.29 is 0 Å². The van der Waals surface area contributed by atoms with Crippen LogP contribution >= 0.6 is 0 Å². The van der Waals surface area contributed by atoms with Crippen molar-refractivity contribution in [3.05, 3.63) is 0 Å². The molecule has 0 aromatic rings. The van der Waals surface area contributed by atoms with E-state index in [1.54, 1.807) is 0 Å². The predicted molar refractivity (Wildman–Crippen MR) is 67.8 cm³/mol. The molecule has 14 heavy (non-hydrogen) atoms. The van der Waals surface area contributed by atoms with E-state index in [9.17, 15) is 0 Å². The van der Waals surface area contributed by atoms with Crippen molar-refractivity contribution in [3.8, 4) is 0 Å². The third-order valence-corrected chi connectivity index (χ3v) is 3.42. The van der Waals surface area contributed by atoms with Crippen molar-refractivity contribution in [2.75, 3.05) is 0 Å². The lowest BCUT2D eigenvalue weighted by molar-refractivity contribution is 0.411. The van der Waals surface area contributed by atoms with E-state index in [4.69, 9.17) is 0 Å². The van der Waals surface area contributed by atoms with Gasteiger partial charge in [-0.2, -0.15) is 0 Å². The standard InChI is InChI=1S/C8H22B3N3/c1-5-7(3)13-9-12-10-14(11-13)8(4)6-2/h7-12H,5-6H2,1-4H3. The van der Waals surface area contributed by atoms with E-state index in [1.807, 2.05) is 0 Å². The van der Waals surface area contributed by atoms with Crippen molar-refractivity contribution in [1.82, 2.24) is 14.6 Å². The summed E-state index contributed by atoms with van der Waals surface area (Å²) in [5.74, 6) is 0. The Balaban J connectivity index is 2.43. The van der Waals surface area contributed by atoms with Gasteiger partial charge in [0.25, 0.3) is 22.6 Å². The minimum absolute atomic E-state index is 0.689. The molecule has 1 heterocycles. The predicted octanol–water partition coefficient (Wildman–Crippen LogP) is -0.410. The molecule has 0 bridgehead atoms. The first-order chi connectivity index (χ1) is 6.69. The molecule has 0 saturated carbocycles. The van der Waals surface area contributed by atoms with Crippen LogP contribution in [0.4, 0.5) is 0 Å². The Hall–Kier alpha value is 0.0748. The molecule has 0 aromatic heterocycles. The molecular weight excluding hydrogens is 171 g/mol. The number of rotatable bonds is 4. The Labute approximate surface area is 90.5 Å². The summed E-state index contributed by atoms with van der Waals surface area (Å²) in [4.78, 5) is 0. The van der Waals surface area contributed by atoms with Crippen LogP contribution in [-0.2, 0) is 0 Å². The Morgan fingerprint density at radius 3 is 1.79 bits per heavy atom. The van der Waals surface area contributed by atoms with Crippen LogP contribution in [0.1, 0.15) is 40.5 Å². The fourth-order valence-corrected chi connectivity index (χ4v) is 1.78. The van der Waals surface area contributed by atoms with Crippen LogP contribution in [0.5, 0.6) is 0 Å². The van der Waals surface area contributed by atoms with Crippen molar-refractivity contribution in [1.29, 1.82) is 0 Å². The van der Waals surface area contributed by atoms with Crippen molar-refractivity contribution in [2.24, 2.45) is 0 Å². The molecule has 6 heteroatoms. The van der Waals surface area contributed by atoms with Crippen molar-refractivity contribution >= 4 is 22.6 Å². The van der Waals surface area contributed by atoms with Gasteiger partial charge in [0.1, 0.15) is 0 Å². The highest BCUT2D eigenvalue weighted by Crippen LogP contribution is 2.07. The van der Waals surface area contributed by atoms with Gasteiger partial charge in [-0.3, -0.25) is 0 Å². The van der Waals surface area contributed by atoms with E-state index in [0.717, 1.165) is 22.6 Å². The molecule has 0 amide bonds. The minimum Gasteiger partial charge on any atom is -0.377 e. The normalized spacial score (nSPS) is 23.1. The fourth-order valence-electron chi connectivity index (χ4n) is 1.78. The lowest BCUT2D eigenvalue weighted by atomic mass is 9.74. The third kappa shape index (κ3) is 3.04. The van der Waals surface area contributed by atoms with Crippen LogP contribution in [0.15, 0.2) is 0 Å². The molecule has 1 saturated heterocycles. The van der Waals surface area contributed by atoms with Gasteiger partial charge >= 0.3 is 0 Å². The van der Waals surface area contributed by atoms with E-state index in [2.05, 4.69) is 42.3 Å². The molecule has 1 rings (SSSR count). The summed E-state index contributed by atoms with van der Waals surface area (Å²) >= 11 is 0. The van der Waals surface area contributed by atoms with Gasteiger partial charge in [-0.25, -0.2) is 0 Å². The molecule has 0 radical (unpaired) electrons.